The maximum Gasteiger partial charge on any atom is 0.0113 e. The van der Waals surface area contributed by atoms with Crippen LogP contribution in [-0.2, 0) is 0 Å². The van der Waals surface area contributed by atoms with Crippen molar-refractivity contribution >= 4 is 0 Å². The van der Waals surface area contributed by atoms with E-state index in [-0.39, 0.29) is 0 Å². The minimum atomic E-state index is 0.826. The zero-order valence-electron chi connectivity index (χ0n) is 9.00. The normalized spacial score (nSPS) is 27.0. The van der Waals surface area contributed by atoms with Crippen molar-refractivity contribution in [2.45, 2.75) is 32.7 Å². The van der Waals surface area contributed by atoms with Gasteiger partial charge < -0.3 is 4.90 Å². The van der Waals surface area contributed by atoms with E-state index in [1.807, 2.05) is 0 Å². The molecule has 76 valence electrons. The van der Waals surface area contributed by atoms with E-state index in [1.165, 1.54) is 45.6 Å². The molecule has 1 heterocycles. The molecule has 0 amide bonds. The van der Waals surface area contributed by atoms with Crippen LogP contribution in [0, 0.1) is 5.92 Å². The first-order chi connectivity index (χ1) is 6.25. The van der Waals surface area contributed by atoms with Gasteiger partial charge in [-0.2, -0.15) is 0 Å². The number of hydrogen-bond acceptors (Lipinski definition) is 2. The molecule has 0 aromatic heterocycles. The molecule has 0 unspecified atom stereocenters. The number of rotatable bonds is 3. The molecule has 2 rings (SSSR count). The average molecular weight is 182 g/mol. The van der Waals surface area contributed by atoms with Crippen LogP contribution in [0.5, 0.6) is 0 Å². The van der Waals surface area contributed by atoms with Crippen LogP contribution in [0.1, 0.15) is 26.7 Å². The molecular formula is C11H22N2. The Balaban J connectivity index is 1.69. The quantitative estimate of drug-likeness (QED) is 0.651. The Morgan fingerprint density at radius 3 is 2.15 bits per heavy atom. The fourth-order valence-corrected chi connectivity index (χ4v) is 2.27. The molecule has 0 aromatic carbocycles. The van der Waals surface area contributed by atoms with Gasteiger partial charge in [0, 0.05) is 38.8 Å². The molecule has 0 aromatic rings. The van der Waals surface area contributed by atoms with Crippen LogP contribution in [0.3, 0.4) is 0 Å². The summed E-state index contributed by atoms with van der Waals surface area (Å²) in [5.41, 5.74) is 0. The van der Waals surface area contributed by atoms with Gasteiger partial charge in [-0.3, -0.25) is 4.90 Å². The highest BCUT2D eigenvalue weighted by Gasteiger charge is 2.30. The van der Waals surface area contributed by atoms with Gasteiger partial charge in [0.1, 0.15) is 0 Å². The van der Waals surface area contributed by atoms with Crippen LogP contribution >= 0.6 is 0 Å². The van der Waals surface area contributed by atoms with Gasteiger partial charge in [0.15, 0.2) is 0 Å². The van der Waals surface area contributed by atoms with E-state index >= 15 is 0 Å². The molecule has 0 spiro atoms. The van der Waals surface area contributed by atoms with E-state index in [9.17, 15) is 0 Å². The predicted molar refractivity (Wildman–Crippen MR) is 55.9 cm³/mol. The van der Waals surface area contributed by atoms with Crippen LogP contribution < -0.4 is 0 Å². The lowest BCUT2D eigenvalue weighted by molar-refractivity contribution is 0.117. The lowest BCUT2D eigenvalue weighted by Gasteiger charge is -2.35. The Labute approximate surface area is 81.9 Å². The molecule has 1 aliphatic carbocycles. The Bertz CT molecular complexity index is 155. The van der Waals surface area contributed by atoms with E-state index in [4.69, 9.17) is 0 Å². The van der Waals surface area contributed by atoms with Crippen molar-refractivity contribution in [3.63, 3.8) is 0 Å². The van der Waals surface area contributed by atoms with E-state index in [0.717, 1.165) is 12.0 Å². The summed E-state index contributed by atoms with van der Waals surface area (Å²) >= 11 is 0. The smallest absolute Gasteiger partial charge is 0.0113 e. The van der Waals surface area contributed by atoms with Crippen LogP contribution in [0.2, 0.25) is 0 Å². The Hall–Kier alpha value is -0.0800. The van der Waals surface area contributed by atoms with E-state index in [2.05, 4.69) is 23.6 Å². The third-order valence-electron chi connectivity index (χ3n) is 3.09. The number of nitrogens with zero attached hydrogens (tertiary/aromatic N) is 2. The summed E-state index contributed by atoms with van der Waals surface area (Å²) in [4.78, 5) is 5.29. The Kier molecular flexibility index (Phi) is 2.89. The van der Waals surface area contributed by atoms with Crippen LogP contribution in [0.25, 0.3) is 0 Å². The van der Waals surface area contributed by atoms with Crippen molar-refractivity contribution < 1.29 is 0 Å². The maximum absolute atomic E-state index is 2.68. The van der Waals surface area contributed by atoms with Gasteiger partial charge in [0.05, 0.1) is 0 Å². The lowest BCUT2D eigenvalue weighted by Crippen LogP contribution is -2.48. The first-order valence-electron chi connectivity index (χ1n) is 5.72. The van der Waals surface area contributed by atoms with Crippen molar-refractivity contribution in [3.05, 3.63) is 0 Å². The van der Waals surface area contributed by atoms with Crippen molar-refractivity contribution in [3.8, 4) is 0 Å². The van der Waals surface area contributed by atoms with Gasteiger partial charge in [0.25, 0.3) is 0 Å². The molecular weight excluding hydrogens is 160 g/mol. The monoisotopic (exact) mass is 182 g/mol. The Morgan fingerprint density at radius 2 is 1.69 bits per heavy atom. The molecule has 0 radical (unpaired) electrons. The molecule has 0 N–H and O–H groups in total. The second-order valence-corrected chi connectivity index (χ2v) is 4.96. The van der Waals surface area contributed by atoms with Gasteiger partial charge in [-0.05, 0) is 18.8 Å². The third kappa shape index (κ3) is 2.68. The van der Waals surface area contributed by atoms with Crippen molar-refractivity contribution in [1.29, 1.82) is 0 Å². The zero-order chi connectivity index (χ0) is 9.26. The van der Waals surface area contributed by atoms with Crippen LogP contribution in [0.4, 0.5) is 0 Å². The molecule has 2 nitrogen and oxygen atoms in total. The molecule has 1 aliphatic heterocycles. The predicted octanol–water partition coefficient (Wildman–Crippen LogP) is 1.42. The molecule has 2 fully saturated rings. The Morgan fingerprint density at radius 1 is 1.08 bits per heavy atom. The molecule has 1 saturated carbocycles. The largest absolute Gasteiger partial charge is 0.301 e. The second-order valence-electron chi connectivity index (χ2n) is 4.96. The second kappa shape index (κ2) is 3.97. The SMILES string of the molecule is CC(C)CN1CCN(C2CC2)CC1. The van der Waals surface area contributed by atoms with Crippen LogP contribution in [0.15, 0.2) is 0 Å². The highest BCUT2D eigenvalue weighted by Crippen LogP contribution is 2.27. The fraction of sp³-hybridized carbons (Fsp3) is 1.00. The van der Waals surface area contributed by atoms with Crippen molar-refractivity contribution in [1.82, 2.24) is 9.80 Å². The van der Waals surface area contributed by atoms with E-state index < -0.39 is 0 Å². The molecule has 0 bridgehead atoms. The van der Waals surface area contributed by atoms with Gasteiger partial charge in [-0.15, -0.1) is 0 Å². The van der Waals surface area contributed by atoms with Crippen molar-refractivity contribution in [2.24, 2.45) is 5.92 Å². The first kappa shape index (κ1) is 9.47. The topological polar surface area (TPSA) is 6.48 Å². The van der Waals surface area contributed by atoms with E-state index in [0.29, 0.717) is 0 Å². The first-order valence-corrected chi connectivity index (χ1v) is 5.72. The van der Waals surface area contributed by atoms with Gasteiger partial charge in [-0.25, -0.2) is 0 Å². The molecule has 0 atom stereocenters. The number of hydrogen-bond donors (Lipinski definition) is 0. The molecule has 13 heavy (non-hydrogen) atoms. The maximum atomic E-state index is 2.68. The summed E-state index contributed by atoms with van der Waals surface area (Å²) in [6, 6.07) is 0.973. The average Bonchev–Trinajstić information content (AvgIpc) is 2.87. The van der Waals surface area contributed by atoms with Gasteiger partial charge in [-0.1, -0.05) is 13.8 Å². The summed E-state index contributed by atoms with van der Waals surface area (Å²) in [5, 5.41) is 0. The summed E-state index contributed by atoms with van der Waals surface area (Å²) in [7, 11) is 0. The standard InChI is InChI=1S/C11H22N2/c1-10(2)9-12-5-7-13(8-6-12)11-3-4-11/h10-11H,3-9H2,1-2H3. The van der Waals surface area contributed by atoms with Gasteiger partial charge >= 0.3 is 0 Å². The summed E-state index contributed by atoms with van der Waals surface area (Å²) < 4.78 is 0. The molecule has 1 saturated heterocycles. The highest BCUT2D eigenvalue weighted by molar-refractivity contribution is 4.87. The van der Waals surface area contributed by atoms with Crippen molar-refractivity contribution in [2.75, 3.05) is 32.7 Å². The van der Waals surface area contributed by atoms with Crippen LogP contribution in [-0.4, -0.2) is 48.6 Å². The number of piperazine rings is 1. The fourth-order valence-electron chi connectivity index (χ4n) is 2.27. The summed E-state index contributed by atoms with van der Waals surface area (Å²) in [6.45, 7) is 11.1. The molecule has 2 heteroatoms. The summed E-state index contributed by atoms with van der Waals surface area (Å²) in [6.07, 6.45) is 2.92. The summed E-state index contributed by atoms with van der Waals surface area (Å²) in [5.74, 6) is 0.826. The highest BCUT2D eigenvalue weighted by atomic mass is 15.3. The lowest BCUT2D eigenvalue weighted by atomic mass is 10.2. The zero-order valence-corrected chi connectivity index (χ0v) is 9.00. The minimum Gasteiger partial charge on any atom is -0.301 e. The third-order valence-corrected chi connectivity index (χ3v) is 3.09. The van der Waals surface area contributed by atoms with Gasteiger partial charge in [0.2, 0.25) is 0 Å². The minimum absolute atomic E-state index is 0.826. The molecule has 2 aliphatic rings. The van der Waals surface area contributed by atoms with E-state index in [1.54, 1.807) is 0 Å².